The third kappa shape index (κ3) is 3.62. The molecule has 0 aliphatic carbocycles. The molecule has 0 saturated carbocycles. The molecule has 0 nitrogen and oxygen atoms in total. The molecule has 0 fully saturated rings. The third-order valence-corrected chi connectivity index (χ3v) is 6.41. The second-order valence-corrected chi connectivity index (χ2v) is 10.8. The van der Waals surface area contributed by atoms with Crippen LogP contribution in [-0.4, -0.2) is 5.39 Å². The summed E-state index contributed by atoms with van der Waals surface area (Å²) in [6, 6.07) is 0. The van der Waals surface area contributed by atoms with E-state index in [0.29, 0.717) is 0 Å². The molecule has 0 N–H and O–H groups in total. The Labute approximate surface area is 91.2 Å². The highest BCUT2D eigenvalue weighted by molar-refractivity contribution is 9.31. The van der Waals surface area contributed by atoms with Crippen molar-refractivity contribution in [3.63, 3.8) is 0 Å². The van der Waals surface area contributed by atoms with Crippen LogP contribution < -0.4 is 0 Å². The number of hydrogen-bond acceptors (Lipinski definition) is 0. The average Bonchev–Trinajstić information content (AvgIpc) is 1.25. The van der Waals surface area contributed by atoms with Crippen LogP contribution in [0.15, 0.2) is 0 Å². The van der Waals surface area contributed by atoms with Crippen LogP contribution in [0.5, 0.6) is 0 Å². The average molecular weight is 415 g/mol. The molecule has 0 amide bonds. The van der Waals surface area contributed by atoms with Crippen LogP contribution >= 0.6 is 86.9 Å². The van der Waals surface area contributed by atoms with Gasteiger partial charge in [0.2, 0.25) is 0 Å². The van der Waals surface area contributed by atoms with Crippen molar-refractivity contribution >= 4 is 86.9 Å². The number of rotatable bonds is 1. The van der Waals surface area contributed by atoms with E-state index in [1.807, 2.05) is 0 Å². The normalized spacial score (nSPS) is 14.2. The highest BCUT2D eigenvalue weighted by Gasteiger charge is 2.41. The van der Waals surface area contributed by atoms with Gasteiger partial charge in [-0.1, -0.05) is 86.9 Å². The van der Waals surface area contributed by atoms with Gasteiger partial charge in [0, 0.05) is 0 Å². The molecule has 0 rings (SSSR count). The Hall–Kier alpha value is 2.50. The summed E-state index contributed by atoms with van der Waals surface area (Å²) < 4.78 is -1.73. The molecule has 0 bridgehead atoms. The Balaban J connectivity index is 4.02. The van der Waals surface area contributed by atoms with Gasteiger partial charge in [0.15, 0.2) is 5.39 Å². The van der Waals surface area contributed by atoms with Crippen LogP contribution in [0.25, 0.3) is 0 Å². The molecule has 0 aliphatic heterocycles. The quantitative estimate of drug-likeness (QED) is 0.560. The summed E-state index contributed by atoms with van der Waals surface area (Å²) >= 11 is 23.5. The Kier molecular flexibility index (Phi) is 4.28. The van der Waals surface area contributed by atoms with Gasteiger partial charge in [0.05, 0.1) is 0 Å². The Morgan fingerprint density at radius 3 is 0.875 bits per heavy atom. The molecule has 0 radical (unpaired) electrons. The summed E-state index contributed by atoms with van der Waals surface area (Å²) in [6.45, 7) is 0. The maximum Gasteiger partial charge on any atom is 0.192 e. The smallest absolute Gasteiger partial charge is 0.0900 e. The van der Waals surface area contributed by atoms with Gasteiger partial charge in [0.1, 0.15) is 0 Å². The van der Waals surface area contributed by atoms with E-state index in [1.54, 1.807) is 0 Å². The minimum absolute atomic E-state index is 0.867. The van der Waals surface area contributed by atoms with Crippen LogP contribution in [0.4, 0.5) is 0 Å². The summed E-state index contributed by atoms with van der Waals surface area (Å²) in [5.41, 5.74) is 0. The number of hydrogen-bond donors (Lipinski definition) is 0. The highest BCUT2D eigenvalue weighted by atomic mass is 79.9. The molecule has 0 aromatic heterocycles. The van der Waals surface area contributed by atoms with Crippen molar-refractivity contribution in [1.29, 1.82) is 0 Å². The molecular formula is C2Br4Cl2. The van der Waals surface area contributed by atoms with E-state index >= 15 is 0 Å². The van der Waals surface area contributed by atoms with E-state index < -0.39 is 5.39 Å². The fourth-order valence-electron chi connectivity index (χ4n) is 0. The van der Waals surface area contributed by atoms with E-state index in [0.717, 1.165) is 0 Å². The molecule has 0 aliphatic rings. The van der Waals surface area contributed by atoms with Gasteiger partial charge in [-0.2, -0.15) is 0 Å². The monoisotopic (exact) mass is 410 g/mol. The van der Waals surface area contributed by atoms with E-state index in [4.69, 9.17) is 23.2 Å². The Morgan fingerprint density at radius 2 is 0.875 bits per heavy atom. The summed E-state index contributed by atoms with van der Waals surface area (Å²) in [7, 11) is 0. The van der Waals surface area contributed by atoms with Gasteiger partial charge >= 0.3 is 0 Å². The maximum absolute atomic E-state index is 5.62. The van der Waals surface area contributed by atoms with E-state index in [-0.39, 0.29) is 0 Å². The largest absolute Gasteiger partial charge is 0.192 e. The summed E-state index contributed by atoms with van der Waals surface area (Å²) in [6.07, 6.45) is 0. The summed E-state index contributed by atoms with van der Waals surface area (Å²) in [5.74, 6) is 0. The zero-order chi connectivity index (χ0) is 7.00. The molecule has 0 aromatic rings. The van der Waals surface area contributed by atoms with Crippen molar-refractivity contribution in [3.05, 3.63) is 0 Å². The number of alkyl halides is 6. The van der Waals surface area contributed by atoms with Crippen LogP contribution in [0.3, 0.4) is 0 Å². The Bertz CT molecular complexity index is 67.0. The first-order valence-corrected chi connectivity index (χ1v) is 5.31. The number of halogens is 6. The molecule has 0 saturated heterocycles. The van der Waals surface area contributed by atoms with Crippen LogP contribution in [0.1, 0.15) is 0 Å². The molecule has 8 heavy (non-hydrogen) atoms. The van der Waals surface area contributed by atoms with Crippen molar-refractivity contribution in [2.75, 3.05) is 0 Å². The lowest BCUT2D eigenvalue weighted by atomic mass is 10.9. The molecule has 0 atom stereocenters. The molecule has 0 aromatic carbocycles. The first-order valence-electron chi connectivity index (χ1n) is 1.38. The van der Waals surface area contributed by atoms with Gasteiger partial charge in [-0.3, -0.25) is 0 Å². The van der Waals surface area contributed by atoms with Gasteiger partial charge in [-0.05, 0) is 0 Å². The second kappa shape index (κ2) is 3.26. The van der Waals surface area contributed by atoms with Crippen LogP contribution in [0, 0.1) is 0 Å². The van der Waals surface area contributed by atoms with Gasteiger partial charge < -0.3 is 0 Å². The van der Waals surface area contributed by atoms with Gasteiger partial charge in [-0.25, -0.2) is 0 Å². The topological polar surface area (TPSA) is 0 Å². The molecule has 50 valence electrons. The first-order chi connectivity index (χ1) is 3.25. The standard InChI is InChI=1S/C2Br4Cl2/c3-1(4,7)2(5,6)8. The summed E-state index contributed by atoms with van der Waals surface area (Å²) in [5, 5.41) is 0. The van der Waals surface area contributed by atoms with Gasteiger partial charge in [0.25, 0.3) is 0 Å². The van der Waals surface area contributed by atoms with Crippen molar-refractivity contribution in [3.8, 4) is 0 Å². The van der Waals surface area contributed by atoms with E-state index in [9.17, 15) is 0 Å². The van der Waals surface area contributed by atoms with Crippen molar-refractivity contribution < 1.29 is 0 Å². The van der Waals surface area contributed by atoms with Gasteiger partial charge in [-0.15, -0.1) is 0 Å². The molecule has 0 unspecified atom stereocenters. The molecule has 0 spiro atoms. The zero-order valence-corrected chi connectivity index (χ0v) is 11.1. The van der Waals surface area contributed by atoms with Crippen molar-refractivity contribution in [1.82, 2.24) is 0 Å². The fourth-order valence-corrected chi connectivity index (χ4v) is 0. The maximum atomic E-state index is 5.62. The Morgan fingerprint density at radius 1 is 0.750 bits per heavy atom. The minimum Gasteiger partial charge on any atom is -0.0900 e. The lowest BCUT2D eigenvalue weighted by Crippen LogP contribution is -2.20. The van der Waals surface area contributed by atoms with Crippen LogP contribution in [-0.2, 0) is 0 Å². The first kappa shape index (κ1) is 10.5. The second-order valence-electron chi connectivity index (χ2n) is 0.996. The minimum atomic E-state index is -0.867. The third-order valence-electron chi connectivity index (χ3n) is 0.321. The molecular weight excluding hydrogens is 415 g/mol. The SMILES string of the molecule is ClC(Br)(Br)C(Cl)(Br)Br. The van der Waals surface area contributed by atoms with E-state index in [2.05, 4.69) is 63.7 Å². The lowest BCUT2D eigenvalue weighted by Gasteiger charge is -2.21. The lowest BCUT2D eigenvalue weighted by molar-refractivity contribution is 1.25. The summed E-state index contributed by atoms with van der Waals surface area (Å²) in [4.78, 5) is 0. The van der Waals surface area contributed by atoms with Crippen molar-refractivity contribution in [2.45, 2.75) is 5.39 Å². The molecule has 0 heterocycles. The molecule has 6 heteroatoms. The fraction of sp³-hybridized carbons (Fsp3) is 1.00. The van der Waals surface area contributed by atoms with Crippen molar-refractivity contribution in [2.24, 2.45) is 0 Å². The zero-order valence-electron chi connectivity index (χ0n) is 3.27. The predicted molar refractivity (Wildman–Crippen MR) is 52.9 cm³/mol. The predicted octanol–water partition coefficient (Wildman–Crippen LogP) is 4.35. The van der Waals surface area contributed by atoms with Crippen LogP contribution in [0.2, 0.25) is 0 Å². The highest BCUT2D eigenvalue weighted by Crippen LogP contribution is 2.53. The van der Waals surface area contributed by atoms with E-state index in [1.165, 1.54) is 0 Å².